The quantitative estimate of drug-likeness (QED) is 0.909. The summed E-state index contributed by atoms with van der Waals surface area (Å²) in [5.74, 6) is -0.574. The maximum atomic E-state index is 13.1. The largest absolute Gasteiger partial charge is 0.340 e. The van der Waals surface area contributed by atoms with E-state index in [0.29, 0.717) is 0 Å². The van der Waals surface area contributed by atoms with E-state index in [9.17, 15) is 14.0 Å². The summed E-state index contributed by atoms with van der Waals surface area (Å²) in [5, 5.41) is 1.37. The number of carbonyl (C=O) groups excluding carboxylic acids is 2. The second-order valence-electron chi connectivity index (χ2n) is 6.71. The average molecular weight is 366 g/mol. The van der Waals surface area contributed by atoms with Crippen LogP contribution in [0.5, 0.6) is 0 Å². The number of nitrogens with zero attached hydrogens (tertiary/aromatic N) is 3. The summed E-state index contributed by atoms with van der Waals surface area (Å²) < 4.78 is 13.1. The molecule has 3 amide bonds. The third-order valence-corrected chi connectivity index (χ3v) is 4.88. The van der Waals surface area contributed by atoms with E-state index in [1.54, 1.807) is 24.5 Å². The summed E-state index contributed by atoms with van der Waals surface area (Å²) in [6, 6.07) is 11.4. The minimum atomic E-state index is -0.801. The number of aryl methyl sites for hydroxylation is 2. The molecule has 0 radical (unpaired) electrons. The minimum Gasteiger partial charge on any atom is -0.283 e. The lowest BCUT2D eigenvalue weighted by atomic mass is 10.1. The Morgan fingerprint density at radius 3 is 2.44 bits per heavy atom. The Labute approximate surface area is 156 Å². The molecule has 0 aromatic heterocycles. The van der Waals surface area contributed by atoms with Gasteiger partial charge in [0.15, 0.2) is 6.17 Å². The van der Waals surface area contributed by atoms with E-state index in [4.69, 9.17) is 0 Å². The first-order valence-corrected chi connectivity index (χ1v) is 8.63. The molecule has 0 spiro atoms. The fourth-order valence-corrected chi connectivity index (χ4v) is 3.16. The summed E-state index contributed by atoms with van der Waals surface area (Å²) in [6.07, 6.45) is 2.40. The van der Waals surface area contributed by atoms with Crippen LogP contribution < -0.4 is 10.3 Å². The van der Waals surface area contributed by atoms with Crippen molar-refractivity contribution in [1.82, 2.24) is 15.3 Å². The Hall–Kier alpha value is -3.19. The Bertz CT molecular complexity index is 941. The Morgan fingerprint density at radius 1 is 1.00 bits per heavy atom. The molecule has 0 aliphatic carbocycles. The topological polar surface area (TPSA) is 55.9 Å². The molecule has 7 heteroatoms. The van der Waals surface area contributed by atoms with Gasteiger partial charge in [-0.3, -0.25) is 19.6 Å². The summed E-state index contributed by atoms with van der Waals surface area (Å²) in [4.78, 5) is 28.4. The molecule has 2 aromatic carbocycles. The van der Waals surface area contributed by atoms with Crippen LogP contribution in [0.4, 0.5) is 14.9 Å². The number of hydrazine groups is 1. The normalized spacial score (nSPS) is 19.1. The predicted molar refractivity (Wildman–Crippen MR) is 98.6 cm³/mol. The maximum Gasteiger partial charge on any atom is 0.340 e. The minimum absolute atomic E-state index is 0.233. The first kappa shape index (κ1) is 17.2. The van der Waals surface area contributed by atoms with Crippen LogP contribution in [0.3, 0.4) is 0 Å². The van der Waals surface area contributed by atoms with E-state index in [0.717, 1.165) is 22.4 Å². The van der Waals surface area contributed by atoms with Crippen molar-refractivity contribution in [1.29, 1.82) is 0 Å². The van der Waals surface area contributed by atoms with E-state index < -0.39 is 6.17 Å². The zero-order valence-electron chi connectivity index (χ0n) is 15.0. The van der Waals surface area contributed by atoms with Crippen LogP contribution in [0.2, 0.25) is 0 Å². The number of hydrogen-bond acceptors (Lipinski definition) is 3. The number of carbonyl (C=O) groups is 2. The molecule has 0 saturated carbocycles. The van der Waals surface area contributed by atoms with Crippen molar-refractivity contribution in [3.05, 3.63) is 77.4 Å². The molecule has 2 aliphatic heterocycles. The number of rotatable bonds is 3. The van der Waals surface area contributed by atoms with Crippen LogP contribution in [0, 0.1) is 19.7 Å². The first-order chi connectivity index (χ1) is 12.9. The van der Waals surface area contributed by atoms with Gasteiger partial charge in [0.2, 0.25) is 0 Å². The van der Waals surface area contributed by atoms with Gasteiger partial charge in [-0.2, -0.15) is 5.43 Å². The molecule has 2 aliphatic rings. The van der Waals surface area contributed by atoms with Crippen LogP contribution in [0.15, 0.2) is 54.9 Å². The number of anilines is 1. The van der Waals surface area contributed by atoms with E-state index in [2.05, 4.69) is 5.43 Å². The van der Waals surface area contributed by atoms with Gasteiger partial charge in [-0.05, 0) is 54.8 Å². The van der Waals surface area contributed by atoms with E-state index in [1.165, 1.54) is 26.9 Å². The molecule has 1 saturated heterocycles. The summed E-state index contributed by atoms with van der Waals surface area (Å²) in [7, 11) is 0. The van der Waals surface area contributed by atoms with Crippen LogP contribution in [-0.2, 0) is 11.3 Å². The molecule has 1 N–H and O–H groups in total. The van der Waals surface area contributed by atoms with Gasteiger partial charge in [-0.15, -0.1) is 0 Å². The Kier molecular flexibility index (Phi) is 4.16. The molecule has 2 heterocycles. The monoisotopic (exact) mass is 366 g/mol. The van der Waals surface area contributed by atoms with Gasteiger partial charge in [-0.25, -0.2) is 9.18 Å². The lowest BCUT2D eigenvalue weighted by molar-refractivity contribution is -0.122. The number of halogens is 1. The van der Waals surface area contributed by atoms with Crippen LogP contribution in [0.25, 0.3) is 0 Å². The first-order valence-electron chi connectivity index (χ1n) is 8.63. The molecule has 6 nitrogen and oxygen atoms in total. The number of fused-ring (bicyclic) bond motifs is 1. The van der Waals surface area contributed by atoms with E-state index in [-0.39, 0.29) is 24.3 Å². The maximum absolute atomic E-state index is 13.1. The number of nitrogens with one attached hydrogen (secondary N) is 1. The highest BCUT2D eigenvalue weighted by atomic mass is 19.1. The van der Waals surface area contributed by atoms with Gasteiger partial charge in [0, 0.05) is 18.1 Å². The van der Waals surface area contributed by atoms with Crippen molar-refractivity contribution in [3.8, 4) is 0 Å². The summed E-state index contributed by atoms with van der Waals surface area (Å²) in [5.41, 5.74) is 6.71. The van der Waals surface area contributed by atoms with Crippen molar-refractivity contribution < 1.29 is 14.0 Å². The third kappa shape index (κ3) is 3.06. The highest BCUT2D eigenvalue weighted by molar-refractivity contribution is 6.03. The highest BCUT2D eigenvalue weighted by Crippen LogP contribution is 2.26. The van der Waals surface area contributed by atoms with Gasteiger partial charge in [0.1, 0.15) is 5.82 Å². The zero-order valence-corrected chi connectivity index (χ0v) is 15.0. The molecule has 138 valence electrons. The van der Waals surface area contributed by atoms with E-state index in [1.807, 2.05) is 32.0 Å². The molecule has 1 atom stereocenters. The molecule has 1 fully saturated rings. The smallest absolute Gasteiger partial charge is 0.283 e. The Morgan fingerprint density at radius 2 is 1.74 bits per heavy atom. The molecule has 0 bridgehead atoms. The van der Waals surface area contributed by atoms with Crippen molar-refractivity contribution in [3.63, 3.8) is 0 Å². The molecular formula is C20H19FN4O2. The van der Waals surface area contributed by atoms with Crippen molar-refractivity contribution in [2.45, 2.75) is 26.6 Å². The SMILES string of the molecule is Cc1ccc(N2C=CN3C(=O)N(Cc4ccc(F)cc4)NC3C2=O)cc1C. The van der Waals surface area contributed by atoms with Crippen LogP contribution in [0.1, 0.15) is 16.7 Å². The summed E-state index contributed by atoms with van der Waals surface area (Å²) in [6.45, 7) is 4.24. The number of urea groups is 1. The van der Waals surface area contributed by atoms with Crippen molar-refractivity contribution >= 4 is 17.6 Å². The van der Waals surface area contributed by atoms with Crippen LogP contribution >= 0.6 is 0 Å². The zero-order chi connectivity index (χ0) is 19.1. The third-order valence-electron chi connectivity index (χ3n) is 4.88. The highest BCUT2D eigenvalue weighted by Gasteiger charge is 2.44. The molecular weight excluding hydrogens is 347 g/mol. The van der Waals surface area contributed by atoms with Gasteiger partial charge in [0.05, 0.1) is 6.54 Å². The lowest BCUT2D eigenvalue weighted by Gasteiger charge is -2.29. The van der Waals surface area contributed by atoms with Crippen LogP contribution in [-0.4, -0.2) is 28.0 Å². The van der Waals surface area contributed by atoms with Crippen molar-refractivity contribution in [2.75, 3.05) is 4.90 Å². The second kappa shape index (κ2) is 6.51. The average Bonchev–Trinajstić information content (AvgIpc) is 2.97. The fraction of sp³-hybridized carbons (Fsp3) is 0.200. The number of amides is 3. The number of benzene rings is 2. The summed E-state index contributed by atoms with van der Waals surface area (Å²) >= 11 is 0. The van der Waals surface area contributed by atoms with Gasteiger partial charge in [-0.1, -0.05) is 18.2 Å². The van der Waals surface area contributed by atoms with Gasteiger partial charge in [0.25, 0.3) is 5.91 Å². The molecule has 4 rings (SSSR count). The molecule has 2 aromatic rings. The second-order valence-corrected chi connectivity index (χ2v) is 6.71. The van der Waals surface area contributed by atoms with Gasteiger partial charge >= 0.3 is 6.03 Å². The molecule has 27 heavy (non-hydrogen) atoms. The fourth-order valence-electron chi connectivity index (χ4n) is 3.16. The van der Waals surface area contributed by atoms with E-state index >= 15 is 0 Å². The predicted octanol–water partition coefficient (Wildman–Crippen LogP) is 3.03. The molecule has 1 unspecified atom stereocenters. The standard InChI is InChI=1S/C20H19FN4O2/c1-13-3-8-17(11-14(13)2)23-9-10-24-18(19(23)26)22-25(20(24)27)12-15-4-6-16(21)7-5-15/h3-11,18,22H,12H2,1-2H3. The van der Waals surface area contributed by atoms with Gasteiger partial charge < -0.3 is 0 Å². The Balaban J connectivity index is 1.54. The number of hydrogen-bond donors (Lipinski definition) is 1. The van der Waals surface area contributed by atoms with Crippen molar-refractivity contribution in [2.24, 2.45) is 0 Å². The lowest BCUT2D eigenvalue weighted by Crippen LogP contribution is -2.51.